The van der Waals surface area contributed by atoms with Crippen molar-refractivity contribution >= 4 is 29.9 Å². The zero-order chi connectivity index (χ0) is 19.7. The number of nitrogens with two attached hydrogens (primary N) is 1. The summed E-state index contributed by atoms with van der Waals surface area (Å²) in [5.41, 5.74) is 7.93. The van der Waals surface area contributed by atoms with Crippen LogP contribution >= 0.6 is 24.0 Å². The quantitative estimate of drug-likeness (QED) is 0.659. The van der Waals surface area contributed by atoms with Gasteiger partial charge in [0.05, 0.1) is 12.0 Å². The molecule has 8 heteroatoms. The molecule has 2 atom stereocenters. The van der Waals surface area contributed by atoms with E-state index in [4.69, 9.17) is 21.8 Å². The number of nitrogens with zero attached hydrogens (tertiary/aromatic N) is 3. The van der Waals surface area contributed by atoms with Crippen molar-refractivity contribution in [1.82, 2.24) is 14.7 Å². The van der Waals surface area contributed by atoms with E-state index in [0.717, 1.165) is 25.1 Å². The van der Waals surface area contributed by atoms with E-state index in [-0.39, 0.29) is 24.4 Å². The van der Waals surface area contributed by atoms with Gasteiger partial charge in [-0.25, -0.2) is 4.68 Å². The number of halogens is 2. The Kier molecular flexibility index (Phi) is 6.67. The number of likely N-dealkylation sites (tertiary alicyclic amines) is 1. The van der Waals surface area contributed by atoms with Gasteiger partial charge in [0, 0.05) is 30.2 Å². The van der Waals surface area contributed by atoms with Crippen LogP contribution in [0.3, 0.4) is 0 Å². The van der Waals surface area contributed by atoms with Crippen LogP contribution in [0.2, 0.25) is 5.02 Å². The third-order valence-corrected chi connectivity index (χ3v) is 5.48. The molecule has 1 aliphatic heterocycles. The van der Waals surface area contributed by atoms with Crippen LogP contribution in [0, 0.1) is 5.92 Å². The van der Waals surface area contributed by atoms with Crippen molar-refractivity contribution in [2.75, 3.05) is 13.1 Å². The van der Waals surface area contributed by atoms with Gasteiger partial charge in [0.2, 0.25) is 0 Å². The maximum absolute atomic E-state index is 13.2. The van der Waals surface area contributed by atoms with Crippen LogP contribution < -0.4 is 5.73 Å². The molecule has 1 aromatic carbocycles. The minimum absolute atomic E-state index is 0. The van der Waals surface area contributed by atoms with E-state index in [0.29, 0.717) is 34.6 Å². The molecule has 0 radical (unpaired) electrons. The summed E-state index contributed by atoms with van der Waals surface area (Å²) in [5, 5.41) is 5.20. The molecule has 1 aliphatic rings. The van der Waals surface area contributed by atoms with Crippen molar-refractivity contribution in [3.8, 4) is 17.1 Å². The molecular formula is C21H24Cl2N4O2. The van der Waals surface area contributed by atoms with E-state index in [1.165, 1.54) is 0 Å². The van der Waals surface area contributed by atoms with Crippen molar-refractivity contribution in [2.24, 2.45) is 11.7 Å². The number of hydrogen-bond donors (Lipinski definition) is 1. The van der Waals surface area contributed by atoms with E-state index in [9.17, 15) is 4.79 Å². The first-order valence-electron chi connectivity index (χ1n) is 9.47. The minimum Gasteiger partial charge on any atom is -0.463 e. The Morgan fingerprint density at radius 3 is 2.83 bits per heavy atom. The molecular weight excluding hydrogens is 411 g/mol. The average molecular weight is 435 g/mol. The van der Waals surface area contributed by atoms with Gasteiger partial charge in [0.15, 0.2) is 11.5 Å². The summed E-state index contributed by atoms with van der Waals surface area (Å²) in [6.07, 6.45) is 3.61. The fraction of sp³-hybridized carbons (Fsp3) is 0.333. The lowest BCUT2D eigenvalue weighted by Crippen LogP contribution is -2.45. The zero-order valence-electron chi connectivity index (χ0n) is 16.1. The monoisotopic (exact) mass is 434 g/mol. The zero-order valence-corrected chi connectivity index (χ0v) is 17.7. The van der Waals surface area contributed by atoms with E-state index in [1.54, 1.807) is 23.1 Å². The Bertz CT molecular complexity index is 969. The second-order valence-electron chi connectivity index (χ2n) is 7.30. The maximum atomic E-state index is 13.2. The number of carbonyl (C=O) groups is 1. The average Bonchev–Trinajstić information content (AvgIpc) is 3.37. The Balaban J connectivity index is 0.00000240. The van der Waals surface area contributed by atoms with E-state index in [2.05, 4.69) is 5.10 Å². The summed E-state index contributed by atoms with van der Waals surface area (Å²) in [5.74, 6) is 0.870. The number of rotatable bonds is 4. The van der Waals surface area contributed by atoms with Crippen LogP contribution in [0.15, 0.2) is 53.1 Å². The van der Waals surface area contributed by atoms with Gasteiger partial charge in [0.25, 0.3) is 5.91 Å². The van der Waals surface area contributed by atoms with E-state index < -0.39 is 0 Å². The first-order valence-corrected chi connectivity index (χ1v) is 9.85. The summed E-state index contributed by atoms with van der Waals surface area (Å²) in [6.45, 7) is 3.39. The molecule has 2 N–H and O–H groups in total. The molecule has 1 saturated heterocycles. The van der Waals surface area contributed by atoms with E-state index in [1.807, 2.05) is 42.2 Å². The van der Waals surface area contributed by atoms with Crippen molar-refractivity contribution in [3.05, 3.63) is 59.4 Å². The molecule has 1 amide bonds. The number of benzene rings is 1. The lowest BCUT2D eigenvalue weighted by molar-refractivity contribution is 0.0654. The second kappa shape index (κ2) is 9.03. The highest BCUT2D eigenvalue weighted by Crippen LogP contribution is 2.27. The first kappa shape index (κ1) is 21.4. The molecule has 0 spiro atoms. The van der Waals surface area contributed by atoms with Gasteiger partial charge >= 0.3 is 0 Å². The largest absolute Gasteiger partial charge is 0.463 e. The van der Waals surface area contributed by atoms with Gasteiger partial charge in [-0.15, -0.1) is 12.4 Å². The van der Waals surface area contributed by atoms with Crippen LogP contribution in [-0.2, 0) is 0 Å². The molecule has 0 aliphatic carbocycles. The molecule has 3 heterocycles. The molecule has 4 rings (SSSR count). The smallest absolute Gasteiger partial charge is 0.274 e. The summed E-state index contributed by atoms with van der Waals surface area (Å²) in [4.78, 5) is 15.0. The van der Waals surface area contributed by atoms with Crippen LogP contribution in [0.5, 0.6) is 0 Å². The lowest BCUT2D eigenvalue weighted by Gasteiger charge is -2.34. The Labute approximate surface area is 181 Å². The normalized spacial score (nSPS) is 17.6. The van der Waals surface area contributed by atoms with Gasteiger partial charge < -0.3 is 15.1 Å². The van der Waals surface area contributed by atoms with Crippen LogP contribution in [0.25, 0.3) is 17.1 Å². The molecule has 1 fully saturated rings. The van der Waals surface area contributed by atoms with Crippen LogP contribution in [-0.4, -0.2) is 39.7 Å². The van der Waals surface area contributed by atoms with Gasteiger partial charge in [-0.3, -0.25) is 4.79 Å². The molecule has 2 aromatic heterocycles. The molecule has 3 aromatic rings. The number of furan rings is 1. The fourth-order valence-electron chi connectivity index (χ4n) is 3.68. The number of carbonyl (C=O) groups excluding carboxylic acids is 1. The standard InChI is InChI=1S/C21H23ClN4O2.ClH/c1-14(23)15-5-3-9-25(13-15)21(27)18-12-19(20-8-4-10-28-20)26(24-18)17-7-2-6-16(22)11-17;/h2,4,6-8,10-12,14-15H,3,5,9,13,23H2,1H3;1H. The highest BCUT2D eigenvalue weighted by Gasteiger charge is 2.29. The van der Waals surface area contributed by atoms with Crippen molar-refractivity contribution in [1.29, 1.82) is 0 Å². The maximum Gasteiger partial charge on any atom is 0.274 e. The minimum atomic E-state index is -0.0843. The van der Waals surface area contributed by atoms with Gasteiger partial charge in [-0.1, -0.05) is 17.7 Å². The summed E-state index contributed by atoms with van der Waals surface area (Å²) in [6, 6.07) is 12.9. The first-order chi connectivity index (χ1) is 13.5. The highest BCUT2D eigenvalue weighted by atomic mass is 35.5. The number of amides is 1. The van der Waals surface area contributed by atoms with Crippen molar-refractivity contribution in [2.45, 2.75) is 25.8 Å². The molecule has 6 nitrogen and oxygen atoms in total. The predicted octanol–water partition coefficient (Wildman–Crippen LogP) is 4.41. The van der Waals surface area contributed by atoms with Gasteiger partial charge in [-0.2, -0.15) is 5.10 Å². The molecule has 2 unspecified atom stereocenters. The molecule has 154 valence electrons. The Morgan fingerprint density at radius 2 is 2.14 bits per heavy atom. The number of hydrogen-bond acceptors (Lipinski definition) is 4. The summed E-state index contributed by atoms with van der Waals surface area (Å²) in [7, 11) is 0. The SMILES string of the molecule is CC(N)C1CCCN(C(=O)c2cc(-c3ccco3)n(-c3cccc(Cl)c3)n2)C1.Cl. The molecule has 0 saturated carbocycles. The van der Waals surface area contributed by atoms with Gasteiger partial charge in [-0.05, 0) is 56.0 Å². The topological polar surface area (TPSA) is 77.3 Å². The van der Waals surface area contributed by atoms with Crippen LogP contribution in [0.1, 0.15) is 30.3 Å². The Hall–Kier alpha value is -2.28. The summed E-state index contributed by atoms with van der Waals surface area (Å²) < 4.78 is 7.26. The third-order valence-electron chi connectivity index (χ3n) is 5.24. The lowest BCUT2D eigenvalue weighted by atomic mass is 9.92. The fourth-order valence-corrected chi connectivity index (χ4v) is 3.86. The predicted molar refractivity (Wildman–Crippen MR) is 116 cm³/mol. The Morgan fingerprint density at radius 1 is 1.31 bits per heavy atom. The van der Waals surface area contributed by atoms with Crippen LogP contribution in [0.4, 0.5) is 0 Å². The second-order valence-corrected chi connectivity index (χ2v) is 7.73. The molecule has 29 heavy (non-hydrogen) atoms. The highest BCUT2D eigenvalue weighted by molar-refractivity contribution is 6.30. The number of piperidine rings is 1. The third kappa shape index (κ3) is 4.50. The van der Waals surface area contributed by atoms with Crippen molar-refractivity contribution in [3.63, 3.8) is 0 Å². The molecule has 0 bridgehead atoms. The van der Waals surface area contributed by atoms with E-state index >= 15 is 0 Å². The summed E-state index contributed by atoms with van der Waals surface area (Å²) >= 11 is 6.16. The van der Waals surface area contributed by atoms with Gasteiger partial charge in [0.1, 0.15) is 5.69 Å². The number of aromatic nitrogens is 2. The van der Waals surface area contributed by atoms with Crippen molar-refractivity contribution < 1.29 is 9.21 Å².